The van der Waals surface area contributed by atoms with Gasteiger partial charge >= 0.3 is 0 Å². The van der Waals surface area contributed by atoms with Gasteiger partial charge in [-0.2, -0.15) is 0 Å². The van der Waals surface area contributed by atoms with Gasteiger partial charge in [-0.15, -0.1) is 0 Å². The molecule has 0 aromatic heterocycles. The van der Waals surface area contributed by atoms with Crippen molar-refractivity contribution in [2.75, 3.05) is 45.0 Å². The average molecular weight is 883 g/mol. The van der Waals surface area contributed by atoms with Crippen LogP contribution in [0.3, 0.4) is 0 Å². The zero-order chi connectivity index (χ0) is 41.2. The van der Waals surface area contributed by atoms with Crippen molar-refractivity contribution in [1.82, 2.24) is 0 Å². The van der Waals surface area contributed by atoms with Crippen LogP contribution in [-0.2, 0) is 11.0 Å². The number of ether oxygens (including phenoxy) is 4. The molecule has 3 aliphatic carbocycles. The van der Waals surface area contributed by atoms with Crippen molar-refractivity contribution in [3.05, 3.63) is 64.2 Å². The van der Waals surface area contributed by atoms with Crippen molar-refractivity contribution in [3.8, 4) is 51.4 Å². The highest BCUT2D eigenvalue weighted by Gasteiger charge is 2.61. The van der Waals surface area contributed by atoms with Crippen LogP contribution in [0.2, 0.25) is 0 Å². The maximum absolute atomic E-state index is 13.3. The normalized spacial score (nSPS) is 30.5. The third-order valence-electron chi connectivity index (χ3n) is 13.7. The number of hydrogen-bond acceptors (Lipinski definition) is 14. The van der Waals surface area contributed by atoms with E-state index < -0.39 is 23.0 Å². The van der Waals surface area contributed by atoms with E-state index in [1.807, 2.05) is 50.6 Å². The fraction of sp³-hybridized carbons (Fsp3) is 0.556. The maximum Gasteiger partial charge on any atom is 0.207 e. The van der Waals surface area contributed by atoms with Crippen molar-refractivity contribution in [2.45, 2.75) is 98.2 Å². The Labute approximate surface area is 361 Å². The lowest BCUT2D eigenvalue weighted by molar-refractivity contribution is -0.112. The number of aliphatic hydroxyl groups excluding tert-OH is 3. The van der Waals surface area contributed by atoms with E-state index in [0.717, 1.165) is 65.7 Å². The summed E-state index contributed by atoms with van der Waals surface area (Å²) in [5.41, 5.74) is 3.72. The van der Waals surface area contributed by atoms with Crippen LogP contribution in [-0.4, -0.2) is 92.3 Å². The quantitative estimate of drug-likeness (QED) is 0.0848. The van der Waals surface area contributed by atoms with Crippen molar-refractivity contribution < 1.29 is 49.6 Å². The molecule has 0 radical (unpaired) electrons. The second-order valence-corrected chi connectivity index (χ2v) is 22.5. The lowest BCUT2D eigenvalue weighted by Crippen LogP contribution is -2.57. The number of methoxy groups -OCH3 is 1. The fourth-order valence-electron chi connectivity index (χ4n) is 10.7. The molecule has 59 heavy (non-hydrogen) atoms. The van der Waals surface area contributed by atoms with E-state index in [0.29, 0.717) is 53.8 Å². The summed E-state index contributed by atoms with van der Waals surface area (Å²) in [6.45, 7) is 4.10. The van der Waals surface area contributed by atoms with Gasteiger partial charge in [0.1, 0.15) is 30.0 Å². The molecule has 6 N–H and O–H groups in total. The van der Waals surface area contributed by atoms with Gasteiger partial charge < -0.3 is 49.6 Å². The lowest BCUT2D eigenvalue weighted by atomic mass is 9.56. The molecule has 14 heteroatoms. The van der Waals surface area contributed by atoms with E-state index in [1.54, 1.807) is 22.9 Å². The highest BCUT2D eigenvalue weighted by Crippen LogP contribution is 2.68. The predicted octanol–water partition coefficient (Wildman–Crippen LogP) is 8.77. The van der Waals surface area contributed by atoms with Crippen molar-refractivity contribution in [1.29, 1.82) is 0 Å². The molecule has 0 spiro atoms. The molecular formula is C45H54O10S4. The summed E-state index contributed by atoms with van der Waals surface area (Å²) in [4.78, 5) is 0. The third-order valence-corrected chi connectivity index (χ3v) is 19.5. The Bertz CT molecular complexity index is 2130. The van der Waals surface area contributed by atoms with E-state index >= 15 is 0 Å². The molecule has 8 bridgehead atoms. The second kappa shape index (κ2) is 16.5. The first-order valence-corrected chi connectivity index (χ1v) is 25.6. The van der Waals surface area contributed by atoms with E-state index in [2.05, 4.69) is 19.9 Å². The number of allylic oxidation sites excluding steroid dienone is 1. The molecule has 5 aliphatic heterocycles. The minimum atomic E-state index is -1.49. The summed E-state index contributed by atoms with van der Waals surface area (Å²) in [7, 11) is 8.72. The molecule has 8 aliphatic rings. The molecule has 10 nitrogen and oxygen atoms in total. The molecule has 2 fully saturated rings. The topological polar surface area (TPSA) is 158 Å². The van der Waals surface area contributed by atoms with Crippen LogP contribution in [0.5, 0.6) is 40.2 Å². The van der Waals surface area contributed by atoms with Gasteiger partial charge in [0.15, 0.2) is 17.1 Å². The number of phenolic OH excluding ortho intramolecular Hbond substituents is 3. The van der Waals surface area contributed by atoms with Crippen molar-refractivity contribution in [2.24, 2.45) is 11.8 Å². The van der Waals surface area contributed by atoms with Gasteiger partial charge in [-0.3, -0.25) is 0 Å². The Morgan fingerprint density at radius 2 is 1.78 bits per heavy atom. The number of benzene rings is 3. The van der Waals surface area contributed by atoms with Gasteiger partial charge in [0, 0.05) is 56.1 Å². The molecule has 3 aromatic carbocycles. The molecule has 8 atom stereocenters. The Morgan fingerprint density at radius 1 is 0.949 bits per heavy atom. The minimum absolute atomic E-state index is 0.0102. The first-order chi connectivity index (χ1) is 28.5. The van der Waals surface area contributed by atoms with Crippen LogP contribution in [0.25, 0.3) is 11.1 Å². The first-order valence-electron chi connectivity index (χ1n) is 20.8. The zero-order valence-corrected chi connectivity index (χ0v) is 36.9. The molecule has 318 valence electrons. The largest absolute Gasteiger partial charge is 0.508 e. The van der Waals surface area contributed by atoms with Crippen LogP contribution in [0, 0.1) is 11.8 Å². The molecule has 1 saturated heterocycles. The smallest absolute Gasteiger partial charge is 0.207 e. The molecular weight excluding hydrogens is 829 g/mol. The van der Waals surface area contributed by atoms with E-state index in [1.165, 1.54) is 12.7 Å². The van der Waals surface area contributed by atoms with Crippen molar-refractivity contribution in [3.63, 3.8) is 0 Å². The number of aromatic hydroxyl groups is 3. The van der Waals surface area contributed by atoms with E-state index in [9.17, 15) is 30.6 Å². The van der Waals surface area contributed by atoms with Crippen LogP contribution < -0.4 is 18.9 Å². The SMILES string of the molecule is COc1c(O)c(OCCC(C)C)cc([C@@]23CC[C@@H]4SS[C@@H]5C[C@H]6CC=C5CSSC[C@]5(CO)c7c(c(OCCO)cc(c7[C@H]4[C@H]2O)O3)-c2ccc(O)cc2[C@@H]5CC6)c1O. The molecule has 1 saturated carbocycles. The number of hydrogen-bond donors (Lipinski definition) is 6. The van der Waals surface area contributed by atoms with Crippen LogP contribution >= 0.6 is 43.2 Å². The zero-order valence-electron chi connectivity index (χ0n) is 33.6. The van der Waals surface area contributed by atoms with Crippen molar-refractivity contribution >= 4 is 43.2 Å². The second-order valence-electron chi connectivity index (χ2n) is 17.4. The predicted molar refractivity (Wildman–Crippen MR) is 237 cm³/mol. The van der Waals surface area contributed by atoms with Gasteiger partial charge in [0.2, 0.25) is 11.5 Å². The number of aliphatic hydroxyl groups is 3. The van der Waals surface area contributed by atoms with Crippen LogP contribution in [0.4, 0.5) is 0 Å². The van der Waals surface area contributed by atoms with Gasteiger partial charge in [-0.1, -0.05) is 69.2 Å². The molecule has 0 unspecified atom stereocenters. The van der Waals surface area contributed by atoms with Gasteiger partial charge in [0.25, 0.3) is 0 Å². The summed E-state index contributed by atoms with van der Waals surface area (Å²) < 4.78 is 25.5. The minimum Gasteiger partial charge on any atom is -0.508 e. The first kappa shape index (κ1) is 41.6. The Hall–Kier alpha value is -2.72. The summed E-state index contributed by atoms with van der Waals surface area (Å²) in [5.74, 6) is 2.00. The van der Waals surface area contributed by atoms with Crippen LogP contribution in [0.1, 0.15) is 92.9 Å². The summed E-state index contributed by atoms with van der Waals surface area (Å²) in [6.07, 6.45) is 6.83. The highest BCUT2D eigenvalue weighted by atomic mass is 33.1. The lowest BCUT2D eigenvalue weighted by Gasteiger charge is -2.55. The van der Waals surface area contributed by atoms with E-state index in [4.69, 9.17) is 18.9 Å². The summed E-state index contributed by atoms with van der Waals surface area (Å²) >= 11 is 0. The number of fused-ring (bicyclic) bond motifs is 5. The maximum atomic E-state index is 13.3. The van der Waals surface area contributed by atoms with Gasteiger partial charge in [-0.25, -0.2) is 0 Å². The average Bonchev–Trinajstić information content (AvgIpc) is 3.22. The summed E-state index contributed by atoms with van der Waals surface area (Å²) in [6, 6.07) is 8.96. The Kier molecular flexibility index (Phi) is 11.7. The highest BCUT2D eigenvalue weighted by molar-refractivity contribution is 8.77. The van der Waals surface area contributed by atoms with Gasteiger partial charge in [-0.05, 0) is 103 Å². The molecule has 0 amide bonds. The Morgan fingerprint density at radius 3 is 2.56 bits per heavy atom. The fourth-order valence-corrected chi connectivity index (χ4v) is 17.3. The van der Waals surface area contributed by atoms with Gasteiger partial charge in [0.05, 0.1) is 26.9 Å². The molecule has 3 aromatic rings. The third kappa shape index (κ3) is 6.86. The molecule has 11 rings (SSSR count). The molecule has 5 heterocycles. The van der Waals surface area contributed by atoms with Crippen LogP contribution in [0.15, 0.2) is 42.0 Å². The number of phenols is 3. The monoisotopic (exact) mass is 882 g/mol. The standard InChI is InChI=1S/C45H54O10S4/c1-23(2)11-14-53-33-18-30(40(49)42(52-3)41(33)50)45-12-10-34-38(43(45)51)37-32(55-45)19-31(54-15-13-46)36-27-8-7-26(48)17-28(27)29-9-5-24-4-6-25(35(16-24)59-58-34)20-56-57-22-44(29,21-47)39(36)37/h6-8,17-19,23-24,29,34-35,38,43,46-51H,4-5,9-16,20-22H2,1-3H3/t24-,29-,34-,35+,38-,43+,44-,45-/m0/s1. The Balaban J connectivity index is 1.34. The summed E-state index contributed by atoms with van der Waals surface area (Å²) in [5, 5.41) is 70.2. The van der Waals surface area contributed by atoms with E-state index in [-0.39, 0.29) is 65.3 Å². The number of rotatable bonds is 10.